The van der Waals surface area contributed by atoms with E-state index in [-0.39, 0.29) is 0 Å². The molecule has 0 saturated carbocycles. The lowest BCUT2D eigenvalue weighted by Crippen LogP contribution is -2.58. The molecule has 7 heteroatoms. The van der Waals surface area contributed by atoms with Gasteiger partial charge in [0.15, 0.2) is 0 Å². The normalized spacial score (nSPS) is 9.70. The molecule has 10 heavy (non-hydrogen) atoms. The predicted octanol–water partition coefficient (Wildman–Crippen LogP) is -3.14. The van der Waals surface area contributed by atoms with Crippen LogP contribution in [0.4, 0.5) is 0 Å². The Kier molecular flexibility index (Phi) is 9.50. The van der Waals surface area contributed by atoms with E-state index >= 15 is 0 Å². The minimum atomic E-state index is -4.69. The lowest BCUT2D eigenvalue weighted by atomic mass is 10.7. The first-order valence-corrected chi connectivity index (χ1v) is 3.71. The van der Waals surface area contributed by atoms with Gasteiger partial charge < -0.3 is 4.52 Å². The highest BCUT2D eigenvalue weighted by molar-refractivity contribution is 7.09. The summed E-state index contributed by atoms with van der Waals surface area (Å²) in [4.78, 5) is 0. The molecule has 0 aliphatic carbocycles. The molecule has 0 amide bonds. The molecule has 0 aliphatic rings. The summed E-state index contributed by atoms with van der Waals surface area (Å²) < 4.78 is 37.2. The van der Waals surface area contributed by atoms with Crippen LogP contribution in [-0.2, 0) is 4.52 Å². The SMILES string of the molecule is C=CCOP.[O-][Cl+3]([O-])([O-])O. The van der Waals surface area contributed by atoms with Gasteiger partial charge >= 0.3 is 0 Å². The van der Waals surface area contributed by atoms with Gasteiger partial charge in [-0.2, -0.15) is 14.0 Å². The molecule has 0 aliphatic heterocycles. The van der Waals surface area contributed by atoms with E-state index in [4.69, 9.17) is 18.6 Å². The van der Waals surface area contributed by atoms with Gasteiger partial charge in [-0.1, -0.05) is 6.08 Å². The third-order valence-electron chi connectivity index (χ3n) is 0.214. The molecule has 0 fully saturated rings. The number of hydrogen-bond donors (Lipinski definition) is 1. The molecule has 0 bridgehead atoms. The van der Waals surface area contributed by atoms with Crippen LogP contribution in [0.1, 0.15) is 0 Å². The zero-order valence-corrected chi connectivity index (χ0v) is 6.94. The van der Waals surface area contributed by atoms with Crippen molar-refractivity contribution >= 4 is 9.47 Å². The molecule has 5 nitrogen and oxygen atoms in total. The molecule has 0 aromatic carbocycles. The molecular weight excluding hydrogens is 182 g/mol. The zero-order valence-electron chi connectivity index (χ0n) is 5.03. The third-order valence-corrected chi connectivity index (χ3v) is 0.407. The van der Waals surface area contributed by atoms with E-state index < -0.39 is 10.2 Å². The van der Waals surface area contributed by atoms with E-state index in [1.54, 1.807) is 6.08 Å². The smallest absolute Gasteiger partial charge is 0.0777 e. The minimum absolute atomic E-state index is 0.616. The van der Waals surface area contributed by atoms with Crippen molar-refractivity contribution < 1.29 is 33.4 Å². The Morgan fingerprint density at radius 2 is 1.90 bits per heavy atom. The van der Waals surface area contributed by atoms with Crippen LogP contribution >= 0.6 is 9.47 Å². The van der Waals surface area contributed by atoms with E-state index in [2.05, 4.69) is 20.6 Å². The molecule has 0 rings (SSSR count). The molecule has 1 N–H and O–H groups in total. The van der Waals surface area contributed by atoms with Crippen LogP contribution in [0.3, 0.4) is 0 Å². The summed E-state index contributed by atoms with van der Waals surface area (Å²) in [7, 11) is -2.57. The fourth-order valence-electron chi connectivity index (χ4n) is 0.0680. The van der Waals surface area contributed by atoms with Crippen molar-refractivity contribution in [3.63, 3.8) is 0 Å². The van der Waals surface area contributed by atoms with E-state index in [0.717, 1.165) is 0 Å². The fraction of sp³-hybridized carbons (Fsp3) is 0.333. The van der Waals surface area contributed by atoms with Gasteiger partial charge in [-0.3, -0.25) is 0 Å². The van der Waals surface area contributed by atoms with Gasteiger partial charge in [-0.05, 0) is 0 Å². The summed E-state index contributed by atoms with van der Waals surface area (Å²) >= 11 is 0. The lowest BCUT2D eigenvalue weighted by molar-refractivity contribution is -1.92. The highest BCUT2D eigenvalue weighted by Gasteiger charge is 1.98. The van der Waals surface area contributed by atoms with Crippen molar-refractivity contribution in [3.05, 3.63) is 12.7 Å². The molecule has 0 saturated heterocycles. The van der Waals surface area contributed by atoms with Gasteiger partial charge in [-0.25, -0.2) is 0 Å². The largest absolute Gasteiger partial charge is 0.362 e. The van der Waals surface area contributed by atoms with Gasteiger partial charge in [0.05, 0.1) is 21.5 Å². The molecule has 62 valence electrons. The third kappa shape index (κ3) is 85.2. The highest BCUT2D eigenvalue weighted by atomic mass is 35.7. The van der Waals surface area contributed by atoms with Gasteiger partial charge in [0.2, 0.25) is 0 Å². The molecule has 0 spiro atoms. The Bertz CT molecular complexity index is 75.5. The lowest BCUT2D eigenvalue weighted by Gasteiger charge is -2.03. The van der Waals surface area contributed by atoms with Crippen LogP contribution in [0, 0.1) is 10.2 Å². The quantitative estimate of drug-likeness (QED) is 0.366. The number of rotatable bonds is 2. The van der Waals surface area contributed by atoms with Gasteiger partial charge in [0, 0.05) is 9.47 Å². The zero-order chi connectivity index (χ0) is 8.62. The number of hydrogen-bond acceptors (Lipinski definition) is 5. The molecular formula is C3H8ClO5P. The van der Waals surface area contributed by atoms with E-state index in [1.165, 1.54) is 0 Å². The van der Waals surface area contributed by atoms with Crippen molar-refractivity contribution in [1.82, 2.24) is 0 Å². The van der Waals surface area contributed by atoms with Crippen molar-refractivity contribution in [1.29, 1.82) is 0 Å². The Balaban J connectivity index is 0. The average molecular weight is 191 g/mol. The minimum Gasteiger partial charge on any atom is -0.362 e. The maximum absolute atomic E-state index is 8.60. The van der Waals surface area contributed by atoms with Crippen molar-refractivity contribution in [2.24, 2.45) is 0 Å². The van der Waals surface area contributed by atoms with E-state index in [9.17, 15) is 0 Å². The summed E-state index contributed by atoms with van der Waals surface area (Å²) in [5.74, 6) is 0. The topological polar surface area (TPSA) is 98.6 Å². The van der Waals surface area contributed by atoms with E-state index in [1.807, 2.05) is 0 Å². The maximum Gasteiger partial charge on any atom is 0.0777 e. The molecule has 0 aromatic rings. The first-order valence-electron chi connectivity index (χ1n) is 1.97. The van der Waals surface area contributed by atoms with Crippen LogP contribution in [0.15, 0.2) is 12.7 Å². The van der Waals surface area contributed by atoms with Crippen LogP contribution in [-0.4, -0.2) is 11.3 Å². The Labute approximate surface area is 63.0 Å². The van der Waals surface area contributed by atoms with Crippen molar-refractivity contribution in [2.45, 2.75) is 0 Å². The van der Waals surface area contributed by atoms with E-state index in [0.29, 0.717) is 6.61 Å². The summed E-state index contributed by atoms with van der Waals surface area (Å²) in [6.45, 7) is 4.03. The fourth-order valence-corrected chi connectivity index (χ4v) is 0.204. The molecule has 1 atom stereocenters. The predicted molar refractivity (Wildman–Crippen MR) is 28.1 cm³/mol. The second-order valence-corrected chi connectivity index (χ2v) is 2.14. The van der Waals surface area contributed by atoms with Crippen molar-refractivity contribution in [2.75, 3.05) is 6.61 Å². The summed E-state index contributed by atoms with van der Waals surface area (Å²) in [5, 5.41) is 0. The summed E-state index contributed by atoms with van der Waals surface area (Å²) in [5.41, 5.74) is 0. The molecule has 0 aromatic heterocycles. The van der Waals surface area contributed by atoms with Gasteiger partial charge in [-0.15, -0.1) is 6.58 Å². The van der Waals surface area contributed by atoms with Crippen LogP contribution in [0.2, 0.25) is 0 Å². The second-order valence-electron chi connectivity index (χ2n) is 1.02. The second kappa shape index (κ2) is 7.37. The van der Waals surface area contributed by atoms with Crippen molar-refractivity contribution in [3.8, 4) is 0 Å². The first kappa shape index (κ1) is 12.9. The van der Waals surface area contributed by atoms with Crippen LogP contribution in [0.5, 0.6) is 0 Å². The molecule has 0 heterocycles. The Hall–Kier alpha value is 0.260. The summed E-state index contributed by atoms with van der Waals surface area (Å²) in [6.07, 6.45) is 1.69. The highest BCUT2D eigenvalue weighted by Crippen LogP contribution is 1.80. The molecule has 1 unspecified atom stereocenters. The standard InChI is InChI=1S/C3H7OP.ClHO4/c1-2-3-4-5;2-1(3,4)5/h2H,1,3,5H2;(H,2,3,4,5). The summed E-state index contributed by atoms with van der Waals surface area (Å²) in [6, 6.07) is 0. The average Bonchev–Trinajstić information content (AvgIpc) is 1.63. The Morgan fingerprint density at radius 1 is 1.60 bits per heavy atom. The molecule has 0 radical (unpaired) electrons. The van der Waals surface area contributed by atoms with Gasteiger partial charge in [0.25, 0.3) is 0 Å². The van der Waals surface area contributed by atoms with Gasteiger partial charge in [0.1, 0.15) is 0 Å². The monoisotopic (exact) mass is 190 g/mol. The number of halogens is 1. The van der Waals surface area contributed by atoms with Crippen LogP contribution in [0.25, 0.3) is 0 Å². The van der Waals surface area contributed by atoms with Crippen LogP contribution < -0.4 is 14.0 Å². The first-order chi connectivity index (χ1) is 4.41. The Morgan fingerprint density at radius 3 is 1.90 bits per heavy atom. The maximum atomic E-state index is 8.60.